The van der Waals surface area contributed by atoms with E-state index in [-0.39, 0.29) is 18.6 Å². The molecule has 0 spiro atoms. The fraction of sp³-hybridized carbons (Fsp3) is 0.692. The second-order valence-electron chi connectivity index (χ2n) is 4.79. The summed E-state index contributed by atoms with van der Waals surface area (Å²) in [5, 5.41) is 16.8. The van der Waals surface area contributed by atoms with Gasteiger partial charge in [-0.2, -0.15) is 5.10 Å². The molecule has 19 heavy (non-hydrogen) atoms. The SMILES string of the molecule is CCCc1cc(C(=O)N(CC)[C@@H]2COC[C@H]2O)n[nH]1. The predicted molar refractivity (Wildman–Crippen MR) is 69.9 cm³/mol. The highest BCUT2D eigenvalue weighted by molar-refractivity contribution is 5.92. The molecule has 2 N–H and O–H groups in total. The normalized spacial score (nSPS) is 22.7. The number of hydrogen-bond donors (Lipinski definition) is 2. The van der Waals surface area contributed by atoms with E-state index in [1.54, 1.807) is 11.0 Å². The average Bonchev–Trinajstić information content (AvgIpc) is 3.01. The summed E-state index contributed by atoms with van der Waals surface area (Å²) in [6.07, 6.45) is 1.27. The molecule has 6 nitrogen and oxygen atoms in total. The second-order valence-corrected chi connectivity index (χ2v) is 4.79. The minimum atomic E-state index is -0.613. The Balaban J connectivity index is 2.10. The number of carbonyl (C=O) groups excluding carboxylic acids is 1. The third-order valence-corrected chi connectivity index (χ3v) is 3.39. The first-order chi connectivity index (χ1) is 9.17. The van der Waals surface area contributed by atoms with Crippen molar-refractivity contribution in [3.63, 3.8) is 0 Å². The van der Waals surface area contributed by atoms with Crippen molar-refractivity contribution in [3.05, 3.63) is 17.5 Å². The lowest BCUT2D eigenvalue weighted by Crippen LogP contribution is -2.46. The molecule has 1 saturated heterocycles. The lowest BCUT2D eigenvalue weighted by molar-refractivity contribution is 0.0515. The van der Waals surface area contributed by atoms with E-state index in [2.05, 4.69) is 17.1 Å². The number of aliphatic hydroxyl groups excluding tert-OH is 1. The average molecular weight is 267 g/mol. The van der Waals surface area contributed by atoms with Gasteiger partial charge in [0.2, 0.25) is 0 Å². The highest BCUT2D eigenvalue weighted by Crippen LogP contribution is 2.16. The van der Waals surface area contributed by atoms with E-state index >= 15 is 0 Å². The summed E-state index contributed by atoms with van der Waals surface area (Å²) in [5.41, 5.74) is 1.37. The molecule has 2 heterocycles. The molecule has 0 aromatic carbocycles. The third kappa shape index (κ3) is 2.96. The van der Waals surface area contributed by atoms with Gasteiger partial charge in [-0.25, -0.2) is 0 Å². The van der Waals surface area contributed by atoms with Crippen LogP contribution in [0, 0.1) is 0 Å². The molecule has 1 aliphatic heterocycles. The van der Waals surface area contributed by atoms with Gasteiger partial charge < -0.3 is 14.7 Å². The molecular formula is C13H21N3O3. The van der Waals surface area contributed by atoms with Gasteiger partial charge in [0, 0.05) is 12.2 Å². The van der Waals surface area contributed by atoms with Gasteiger partial charge in [0.05, 0.1) is 25.4 Å². The number of rotatable bonds is 5. The number of hydrogen-bond acceptors (Lipinski definition) is 4. The Morgan fingerprint density at radius 1 is 1.58 bits per heavy atom. The van der Waals surface area contributed by atoms with Crippen LogP contribution in [0.5, 0.6) is 0 Å². The van der Waals surface area contributed by atoms with Gasteiger partial charge in [0.25, 0.3) is 5.91 Å². The van der Waals surface area contributed by atoms with Crippen molar-refractivity contribution in [2.45, 2.75) is 38.8 Å². The number of likely N-dealkylation sites (N-methyl/N-ethyl adjacent to an activating group) is 1. The molecule has 0 bridgehead atoms. The number of nitrogens with one attached hydrogen (secondary N) is 1. The van der Waals surface area contributed by atoms with E-state index in [0.29, 0.717) is 18.8 Å². The molecule has 0 aliphatic carbocycles. The monoisotopic (exact) mass is 267 g/mol. The number of aromatic nitrogens is 2. The summed E-state index contributed by atoms with van der Waals surface area (Å²) in [6, 6.07) is 1.51. The van der Waals surface area contributed by atoms with Crippen LogP contribution in [0.1, 0.15) is 36.5 Å². The quantitative estimate of drug-likeness (QED) is 0.818. The Labute approximate surface area is 112 Å². The van der Waals surface area contributed by atoms with E-state index in [1.165, 1.54) is 0 Å². The van der Waals surface area contributed by atoms with Gasteiger partial charge in [-0.3, -0.25) is 9.89 Å². The molecule has 1 amide bonds. The van der Waals surface area contributed by atoms with Gasteiger partial charge in [-0.15, -0.1) is 0 Å². The zero-order chi connectivity index (χ0) is 13.8. The van der Waals surface area contributed by atoms with E-state index in [9.17, 15) is 9.90 Å². The summed E-state index contributed by atoms with van der Waals surface area (Å²) in [4.78, 5) is 14.0. The van der Waals surface area contributed by atoms with Gasteiger partial charge in [-0.1, -0.05) is 13.3 Å². The molecule has 6 heteroatoms. The fourth-order valence-corrected chi connectivity index (χ4v) is 2.37. The molecule has 0 radical (unpaired) electrons. The molecule has 106 valence electrons. The molecule has 1 aromatic heterocycles. The van der Waals surface area contributed by atoms with Crippen LogP contribution in [-0.2, 0) is 11.2 Å². The molecule has 1 aromatic rings. The smallest absolute Gasteiger partial charge is 0.274 e. The number of nitrogens with zero attached hydrogens (tertiary/aromatic N) is 2. The number of aryl methyl sites for hydroxylation is 1. The Morgan fingerprint density at radius 3 is 2.95 bits per heavy atom. The maximum atomic E-state index is 12.4. The van der Waals surface area contributed by atoms with E-state index < -0.39 is 6.10 Å². The Kier molecular flexibility index (Phi) is 4.55. The summed E-state index contributed by atoms with van der Waals surface area (Å²) >= 11 is 0. The zero-order valence-corrected chi connectivity index (χ0v) is 11.4. The van der Waals surface area contributed by atoms with E-state index in [0.717, 1.165) is 18.5 Å². The van der Waals surface area contributed by atoms with Gasteiger partial charge in [0.1, 0.15) is 5.69 Å². The number of aromatic amines is 1. The highest BCUT2D eigenvalue weighted by Gasteiger charge is 2.34. The van der Waals surface area contributed by atoms with Crippen LogP contribution < -0.4 is 0 Å². The molecule has 1 aliphatic rings. The molecule has 0 unspecified atom stereocenters. The predicted octanol–water partition coefficient (Wildman–Crippen LogP) is 0.584. The molecule has 2 rings (SSSR count). The van der Waals surface area contributed by atoms with Gasteiger partial charge in [0.15, 0.2) is 0 Å². The van der Waals surface area contributed by atoms with Gasteiger partial charge >= 0.3 is 0 Å². The molecule has 0 saturated carbocycles. The van der Waals surface area contributed by atoms with Crippen LogP contribution in [0.15, 0.2) is 6.07 Å². The van der Waals surface area contributed by atoms with Crippen LogP contribution >= 0.6 is 0 Å². The Hall–Kier alpha value is -1.40. The van der Waals surface area contributed by atoms with Crippen LogP contribution in [0.2, 0.25) is 0 Å². The summed E-state index contributed by atoms with van der Waals surface area (Å²) in [7, 11) is 0. The number of H-pyrrole nitrogens is 1. The number of ether oxygens (including phenoxy) is 1. The van der Waals surface area contributed by atoms with Crippen molar-refractivity contribution in [2.24, 2.45) is 0 Å². The Morgan fingerprint density at radius 2 is 2.37 bits per heavy atom. The fourth-order valence-electron chi connectivity index (χ4n) is 2.37. The maximum absolute atomic E-state index is 12.4. The lowest BCUT2D eigenvalue weighted by Gasteiger charge is -2.27. The highest BCUT2D eigenvalue weighted by atomic mass is 16.5. The summed E-state index contributed by atoms with van der Waals surface area (Å²) in [6.45, 7) is 5.17. The first-order valence-corrected chi connectivity index (χ1v) is 6.78. The largest absolute Gasteiger partial charge is 0.388 e. The zero-order valence-electron chi connectivity index (χ0n) is 11.4. The minimum absolute atomic E-state index is 0.157. The minimum Gasteiger partial charge on any atom is -0.388 e. The Bertz CT molecular complexity index is 433. The standard InChI is InChI=1S/C13H21N3O3/c1-3-5-9-6-10(15-14-9)13(18)16(4-2)11-7-19-8-12(11)17/h6,11-12,17H,3-5,7-8H2,1-2H3,(H,14,15)/t11-,12-/m1/s1. The van der Waals surface area contributed by atoms with Crippen molar-refractivity contribution < 1.29 is 14.6 Å². The van der Waals surface area contributed by atoms with E-state index in [1.807, 2.05) is 6.92 Å². The second kappa shape index (κ2) is 6.16. The van der Waals surface area contributed by atoms with Crippen molar-refractivity contribution in [1.29, 1.82) is 0 Å². The van der Waals surface area contributed by atoms with Crippen LogP contribution in [0.25, 0.3) is 0 Å². The van der Waals surface area contributed by atoms with Crippen molar-refractivity contribution in [2.75, 3.05) is 19.8 Å². The maximum Gasteiger partial charge on any atom is 0.274 e. The van der Waals surface area contributed by atoms with Crippen LogP contribution in [-0.4, -0.2) is 58.0 Å². The third-order valence-electron chi connectivity index (χ3n) is 3.39. The molecular weight excluding hydrogens is 246 g/mol. The number of carbonyl (C=O) groups is 1. The number of amides is 1. The van der Waals surface area contributed by atoms with Crippen molar-refractivity contribution >= 4 is 5.91 Å². The van der Waals surface area contributed by atoms with Crippen LogP contribution in [0.3, 0.4) is 0 Å². The van der Waals surface area contributed by atoms with Gasteiger partial charge in [-0.05, 0) is 19.4 Å². The summed E-state index contributed by atoms with van der Waals surface area (Å²) in [5.74, 6) is -0.157. The summed E-state index contributed by atoms with van der Waals surface area (Å²) < 4.78 is 5.21. The van der Waals surface area contributed by atoms with Crippen molar-refractivity contribution in [3.8, 4) is 0 Å². The topological polar surface area (TPSA) is 78.5 Å². The molecule has 2 atom stereocenters. The number of aliphatic hydroxyl groups is 1. The first-order valence-electron chi connectivity index (χ1n) is 6.78. The van der Waals surface area contributed by atoms with E-state index in [4.69, 9.17) is 4.74 Å². The molecule has 1 fully saturated rings. The first kappa shape index (κ1) is 14.0. The van der Waals surface area contributed by atoms with Crippen LogP contribution in [0.4, 0.5) is 0 Å². The van der Waals surface area contributed by atoms with Crippen molar-refractivity contribution in [1.82, 2.24) is 15.1 Å². The lowest BCUT2D eigenvalue weighted by atomic mass is 10.1.